The molecular weight excluding hydrogens is 494 g/mol. The first-order valence-electron chi connectivity index (χ1n) is 14.0. The third-order valence-corrected chi connectivity index (χ3v) is 8.05. The summed E-state index contributed by atoms with van der Waals surface area (Å²) in [6, 6.07) is 33.5. The summed E-state index contributed by atoms with van der Waals surface area (Å²) in [7, 11) is 0. The first kappa shape index (κ1) is 24.5. The second-order valence-electron chi connectivity index (χ2n) is 10.8. The summed E-state index contributed by atoms with van der Waals surface area (Å²) >= 11 is 0. The van der Waals surface area contributed by atoms with Gasteiger partial charge in [-0.2, -0.15) is 0 Å². The molecule has 4 aromatic carbocycles. The van der Waals surface area contributed by atoms with Crippen molar-refractivity contribution in [2.45, 2.75) is 32.4 Å². The number of para-hydroxylation sites is 2. The lowest BCUT2D eigenvalue weighted by molar-refractivity contribution is 0.180. The maximum atomic E-state index is 12.6. The Balaban J connectivity index is 1.10. The Hall–Kier alpha value is -4.55. The molecule has 1 saturated heterocycles. The number of aromatic amines is 1. The minimum Gasteiger partial charge on any atom is -0.306 e. The van der Waals surface area contributed by atoms with Gasteiger partial charge in [0.1, 0.15) is 0 Å². The van der Waals surface area contributed by atoms with E-state index in [0.29, 0.717) is 0 Å². The number of aryl methyl sites for hydroxylation is 1. The van der Waals surface area contributed by atoms with Crippen molar-refractivity contribution < 1.29 is 0 Å². The number of hydrogen-bond acceptors (Lipinski definition) is 4. The lowest BCUT2D eigenvalue weighted by atomic mass is 10.0. The minimum atomic E-state index is -0.00275. The van der Waals surface area contributed by atoms with Crippen molar-refractivity contribution in [2.75, 3.05) is 13.1 Å². The lowest BCUT2D eigenvalue weighted by Crippen LogP contribution is -2.36. The molecule has 0 radical (unpaired) electrons. The number of fused-ring (bicyclic) bond motifs is 2. The lowest BCUT2D eigenvalue weighted by Gasteiger charge is -2.32. The van der Waals surface area contributed by atoms with Crippen LogP contribution in [0.2, 0.25) is 0 Å². The molecule has 198 valence electrons. The topological polar surface area (TPSA) is 66.8 Å². The number of nitrogens with zero attached hydrogens (tertiary/aromatic N) is 4. The van der Waals surface area contributed by atoms with Gasteiger partial charge in [0.15, 0.2) is 0 Å². The minimum absolute atomic E-state index is 0.00275. The predicted molar refractivity (Wildman–Crippen MR) is 161 cm³/mol. The van der Waals surface area contributed by atoms with Gasteiger partial charge >= 0.3 is 5.69 Å². The van der Waals surface area contributed by atoms with Crippen molar-refractivity contribution in [3.05, 3.63) is 119 Å². The molecule has 40 heavy (non-hydrogen) atoms. The fraction of sp³-hybridized carbons (Fsp3) is 0.206. The van der Waals surface area contributed by atoms with Gasteiger partial charge < -0.3 is 4.98 Å². The second kappa shape index (κ2) is 10.2. The van der Waals surface area contributed by atoms with Crippen LogP contribution in [0.3, 0.4) is 0 Å². The summed E-state index contributed by atoms with van der Waals surface area (Å²) in [5, 5.41) is 0. The fourth-order valence-corrected chi connectivity index (χ4v) is 5.96. The number of hydrogen-bond donors (Lipinski definition) is 1. The van der Waals surface area contributed by atoms with E-state index in [0.717, 1.165) is 77.1 Å². The molecule has 6 nitrogen and oxygen atoms in total. The van der Waals surface area contributed by atoms with Crippen LogP contribution >= 0.6 is 0 Å². The van der Waals surface area contributed by atoms with Crippen molar-refractivity contribution in [3.8, 4) is 22.5 Å². The van der Waals surface area contributed by atoms with Crippen molar-refractivity contribution in [1.29, 1.82) is 0 Å². The largest absolute Gasteiger partial charge is 0.326 e. The molecule has 0 spiro atoms. The van der Waals surface area contributed by atoms with Crippen molar-refractivity contribution in [2.24, 2.45) is 0 Å². The molecule has 3 heterocycles. The van der Waals surface area contributed by atoms with Gasteiger partial charge in [-0.3, -0.25) is 9.47 Å². The molecule has 1 fully saturated rings. The molecule has 0 saturated carbocycles. The summed E-state index contributed by atoms with van der Waals surface area (Å²) in [6.07, 6.45) is 1.93. The zero-order chi connectivity index (χ0) is 27.1. The van der Waals surface area contributed by atoms with Gasteiger partial charge in [-0.15, -0.1) is 0 Å². The normalized spacial score (nSPS) is 14.7. The highest BCUT2D eigenvalue weighted by Gasteiger charge is 2.23. The highest BCUT2D eigenvalue weighted by Crippen LogP contribution is 2.32. The Labute approximate surface area is 233 Å². The number of benzene rings is 4. The SMILES string of the molecule is Cc1ccc2nc(-c3ccc(CN4CCC(n5c(=O)[nH]c6ccccc65)CC4)cc3)c(-c3ccccc3)nc2c1. The number of imidazole rings is 1. The van der Waals surface area contributed by atoms with E-state index in [-0.39, 0.29) is 11.7 Å². The Kier molecular flexibility index (Phi) is 6.25. The van der Waals surface area contributed by atoms with Crippen LogP contribution in [0.5, 0.6) is 0 Å². The molecule has 0 unspecified atom stereocenters. The van der Waals surface area contributed by atoms with E-state index >= 15 is 0 Å². The van der Waals surface area contributed by atoms with E-state index in [1.165, 1.54) is 11.1 Å². The third-order valence-electron chi connectivity index (χ3n) is 8.05. The molecule has 7 rings (SSSR count). The zero-order valence-electron chi connectivity index (χ0n) is 22.5. The molecule has 1 N–H and O–H groups in total. The van der Waals surface area contributed by atoms with Crippen LogP contribution in [0.1, 0.15) is 30.0 Å². The molecule has 0 amide bonds. The number of H-pyrrole nitrogens is 1. The Morgan fingerprint density at radius 2 is 1.45 bits per heavy atom. The molecule has 2 aromatic heterocycles. The number of likely N-dealkylation sites (tertiary alicyclic amines) is 1. The van der Waals surface area contributed by atoms with Crippen molar-refractivity contribution in [3.63, 3.8) is 0 Å². The van der Waals surface area contributed by atoms with E-state index in [4.69, 9.17) is 9.97 Å². The second-order valence-corrected chi connectivity index (χ2v) is 10.8. The first-order valence-corrected chi connectivity index (χ1v) is 14.0. The van der Waals surface area contributed by atoms with Crippen LogP contribution in [-0.2, 0) is 6.54 Å². The van der Waals surface area contributed by atoms with Crippen LogP contribution < -0.4 is 5.69 Å². The molecule has 1 aliphatic heterocycles. The molecule has 0 aliphatic carbocycles. The van der Waals surface area contributed by atoms with Gasteiger partial charge in [-0.25, -0.2) is 14.8 Å². The summed E-state index contributed by atoms with van der Waals surface area (Å²) in [6.45, 7) is 4.91. The Bertz CT molecular complexity index is 1860. The molecule has 0 atom stereocenters. The third kappa shape index (κ3) is 4.61. The highest BCUT2D eigenvalue weighted by atomic mass is 16.1. The van der Waals surface area contributed by atoms with Crippen LogP contribution in [0.25, 0.3) is 44.6 Å². The number of piperidine rings is 1. The van der Waals surface area contributed by atoms with E-state index in [2.05, 4.69) is 71.4 Å². The van der Waals surface area contributed by atoms with E-state index in [9.17, 15) is 4.79 Å². The van der Waals surface area contributed by atoms with Gasteiger partial charge in [0.2, 0.25) is 0 Å². The molecule has 0 bridgehead atoms. The summed E-state index contributed by atoms with van der Waals surface area (Å²) in [5.41, 5.74) is 10.1. The van der Waals surface area contributed by atoms with Gasteiger partial charge in [0.25, 0.3) is 0 Å². The van der Waals surface area contributed by atoms with Gasteiger partial charge in [0.05, 0.1) is 33.5 Å². The van der Waals surface area contributed by atoms with Gasteiger partial charge in [-0.05, 0) is 55.2 Å². The maximum absolute atomic E-state index is 12.6. The Morgan fingerprint density at radius 1 is 0.775 bits per heavy atom. The van der Waals surface area contributed by atoms with Crippen LogP contribution in [0.4, 0.5) is 0 Å². The first-order chi connectivity index (χ1) is 19.6. The fourth-order valence-electron chi connectivity index (χ4n) is 5.96. The maximum Gasteiger partial charge on any atom is 0.326 e. The molecule has 6 aromatic rings. The van der Waals surface area contributed by atoms with Crippen LogP contribution in [-0.4, -0.2) is 37.5 Å². The van der Waals surface area contributed by atoms with Gasteiger partial charge in [0, 0.05) is 36.8 Å². The Morgan fingerprint density at radius 3 is 2.23 bits per heavy atom. The average molecular weight is 526 g/mol. The van der Waals surface area contributed by atoms with Crippen LogP contribution in [0, 0.1) is 6.92 Å². The summed E-state index contributed by atoms with van der Waals surface area (Å²) in [4.78, 5) is 28.3. The average Bonchev–Trinajstić information content (AvgIpc) is 3.33. The van der Waals surface area contributed by atoms with Gasteiger partial charge in [-0.1, -0.05) is 72.8 Å². The van der Waals surface area contributed by atoms with Crippen molar-refractivity contribution in [1.82, 2.24) is 24.4 Å². The van der Waals surface area contributed by atoms with E-state index in [1.807, 2.05) is 47.0 Å². The summed E-state index contributed by atoms with van der Waals surface area (Å²) in [5.74, 6) is 0. The predicted octanol–water partition coefficient (Wildman–Crippen LogP) is 6.75. The zero-order valence-corrected chi connectivity index (χ0v) is 22.5. The van der Waals surface area contributed by atoms with E-state index < -0.39 is 0 Å². The molecular formula is C34H31N5O. The monoisotopic (exact) mass is 525 g/mol. The molecule has 1 aliphatic rings. The number of rotatable bonds is 5. The van der Waals surface area contributed by atoms with E-state index in [1.54, 1.807) is 0 Å². The van der Waals surface area contributed by atoms with Crippen molar-refractivity contribution >= 4 is 22.1 Å². The summed E-state index contributed by atoms with van der Waals surface area (Å²) < 4.78 is 1.96. The number of nitrogens with one attached hydrogen (secondary N) is 1. The smallest absolute Gasteiger partial charge is 0.306 e. The number of aromatic nitrogens is 4. The standard InChI is InChI=1S/C34H31N5O/c1-23-11-16-28-30(21-23)36-32(25-7-3-2-4-8-25)33(35-28)26-14-12-24(13-15-26)22-38-19-17-27(18-20-38)39-31-10-6-5-9-29(31)37-34(39)40/h2-16,21,27H,17-20,22H2,1H3,(H,37,40). The quantitative estimate of drug-likeness (QED) is 0.270. The molecule has 6 heteroatoms. The highest BCUT2D eigenvalue weighted by molar-refractivity contribution is 5.86. The van der Waals surface area contributed by atoms with Crippen LogP contribution in [0.15, 0.2) is 102 Å².